The second-order valence-corrected chi connectivity index (χ2v) is 15.2. The predicted octanol–water partition coefficient (Wildman–Crippen LogP) is 11.2. The standard InChI is InChI=1S/C46H35BN2S/c1-26-20-28(3)44(29(4)21-26)30-22-36(45-41(23-30)49-40-18-9-6-13-31(40)33-15-11-16-37(47-45)46(33)49)34-24-35-32-14-7-10-19-42(32)50-43(35)25-39(34)48-38-17-8-5-12-27(38)2/h5-25,47-48H,1-4H3. The van der Waals surface area contributed by atoms with Crippen molar-refractivity contribution in [2.24, 2.45) is 0 Å². The van der Waals surface area contributed by atoms with Gasteiger partial charge in [0.25, 0.3) is 0 Å². The summed E-state index contributed by atoms with van der Waals surface area (Å²) in [7, 11) is 0.872. The third-order valence-electron chi connectivity index (χ3n) is 10.8. The average Bonchev–Trinajstić information content (AvgIpc) is 3.65. The van der Waals surface area contributed by atoms with Gasteiger partial charge in [0.15, 0.2) is 7.28 Å². The van der Waals surface area contributed by atoms with E-state index in [9.17, 15) is 0 Å². The summed E-state index contributed by atoms with van der Waals surface area (Å²) < 4.78 is 5.17. The zero-order chi connectivity index (χ0) is 33.7. The molecule has 0 bridgehead atoms. The maximum Gasteiger partial charge on any atom is 0.198 e. The summed E-state index contributed by atoms with van der Waals surface area (Å²) in [5.41, 5.74) is 19.1. The molecule has 2 nitrogen and oxygen atoms in total. The number of benzene rings is 7. The number of nitrogens with one attached hydrogen (secondary N) is 1. The molecule has 0 fully saturated rings. The summed E-state index contributed by atoms with van der Waals surface area (Å²) in [6.07, 6.45) is 0. The predicted molar refractivity (Wildman–Crippen MR) is 220 cm³/mol. The highest BCUT2D eigenvalue weighted by Gasteiger charge is 2.28. The molecule has 10 rings (SSSR count). The van der Waals surface area contributed by atoms with E-state index in [1.807, 2.05) is 11.3 Å². The lowest BCUT2D eigenvalue weighted by molar-refractivity contribution is 1.19. The van der Waals surface area contributed by atoms with E-state index in [4.69, 9.17) is 0 Å². The molecule has 3 heterocycles. The van der Waals surface area contributed by atoms with E-state index in [1.165, 1.54) is 103 Å². The largest absolute Gasteiger partial charge is 0.355 e. The van der Waals surface area contributed by atoms with Gasteiger partial charge in [-0.3, -0.25) is 0 Å². The lowest BCUT2D eigenvalue weighted by Crippen LogP contribution is -2.37. The van der Waals surface area contributed by atoms with Crippen molar-refractivity contribution in [1.82, 2.24) is 4.57 Å². The molecule has 0 aliphatic carbocycles. The first-order valence-corrected chi connectivity index (χ1v) is 18.3. The van der Waals surface area contributed by atoms with Crippen LogP contribution in [0.1, 0.15) is 22.3 Å². The van der Waals surface area contributed by atoms with Crippen LogP contribution in [0.2, 0.25) is 0 Å². The van der Waals surface area contributed by atoms with Gasteiger partial charge in [0.2, 0.25) is 0 Å². The van der Waals surface area contributed by atoms with Crippen molar-refractivity contribution in [2.75, 3.05) is 5.32 Å². The minimum atomic E-state index is 0.872. The first kappa shape index (κ1) is 29.4. The molecule has 0 amide bonds. The van der Waals surface area contributed by atoms with E-state index in [0.717, 1.165) is 18.7 Å². The molecule has 238 valence electrons. The van der Waals surface area contributed by atoms with Crippen LogP contribution in [-0.2, 0) is 0 Å². The Balaban J connectivity index is 1.35. The van der Waals surface area contributed by atoms with Crippen LogP contribution < -0.4 is 16.2 Å². The van der Waals surface area contributed by atoms with Gasteiger partial charge in [-0.15, -0.1) is 11.3 Å². The molecular formula is C46H35BN2S. The van der Waals surface area contributed by atoms with Crippen molar-refractivity contribution in [2.45, 2.75) is 27.7 Å². The van der Waals surface area contributed by atoms with E-state index in [-0.39, 0.29) is 0 Å². The van der Waals surface area contributed by atoms with Crippen molar-refractivity contribution in [3.8, 4) is 27.9 Å². The Morgan fingerprint density at radius 1 is 0.560 bits per heavy atom. The number of anilines is 2. The highest BCUT2D eigenvalue weighted by atomic mass is 32.1. The van der Waals surface area contributed by atoms with Crippen molar-refractivity contribution in [1.29, 1.82) is 0 Å². The highest BCUT2D eigenvalue weighted by Crippen LogP contribution is 2.44. The zero-order valence-corrected chi connectivity index (χ0v) is 29.5. The number of fused-ring (bicyclic) bond motifs is 8. The number of para-hydroxylation sites is 3. The molecule has 7 aromatic carbocycles. The summed E-state index contributed by atoms with van der Waals surface area (Å²) in [6.45, 7) is 8.92. The number of aromatic nitrogens is 1. The second-order valence-electron chi connectivity index (χ2n) is 14.1. The van der Waals surface area contributed by atoms with Gasteiger partial charge in [0.05, 0.1) is 5.52 Å². The molecule has 1 aliphatic heterocycles. The van der Waals surface area contributed by atoms with Crippen LogP contribution in [-0.4, -0.2) is 11.8 Å². The van der Waals surface area contributed by atoms with Crippen molar-refractivity contribution in [3.05, 3.63) is 150 Å². The topological polar surface area (TPSA) is 17.0 Å². The first-order valence-electron chi connectivity index (χ1n) is 17.5. The lowest BCUT2D eigenvalue weighted by atomic mass is 9.58. The molecule has 50 heavy (non-hydrogen) atoms. The van der Waals surface area contributed by atoms with E-state index in [2.05, 4.69) is 165 Å². The fraction of sp³-hybridized carbons (Fsp3) is 0.0870. The minimum Gasteiger partial charge on any atom is -0.355 e. The Bertz CT molecular complexity index is 2850. The Labute approximate surface area is 296 Å². The van der Waals surface area contributed by atoms with E-state index >= 15 is 0 Å². The zero-order valence-electron chi connectivity index (χ0n) is 28.7. The molecule has 0 atom stereocenters. The van der Waals surface area contributed by atoms with Crippen LogP contribution in [0.5, 0.6) is 0 Å². The van der Waals surface area contributed by atoms with Crippen molar-refractivity contribution >= 4 is 82.9 Å². The monoisotopic (exact) mass is 658 g/mol. The summed E-state index contributed by atoms with van der Waals surface area (Å²) in [5, 5.41) is 9.19. The second kappa shape index (κ2) is 11.0. The summed E-state index contributed by atoms with van der Waals surface area (Å²) >= 11 is 1.87. The first-order chi connectivity index (χ1) is 24.4. The molecule has 0 spiro atoms. The minimum absolute atomic E-state index is 0.872. The fourth-order valence-electron chi connectivity index (χ4n) is 8.69. The summed E-state index contributed by atoms with van der Waals surface area (Å²) in [6, 6.07) is 47.7. The number of aryl methyl sites for hydroxylation is 4. The molecule has 9 aromatic rings. The maximum absolute atomic E-state index is 3.94. The van der Waals surface area contributed by atoms with E-state index in [1.54, 1.807) is 0 Å². The normalized spacial score (nSPS) is 12.2. The lowest BCUT2D eigenvalue weighted by Gasteiger charge is -2.26. The third-order valence-corrected chi connectivity index (χ3v) is 11.9. The maximum atomic E-state index is 3.94. The van der Waals surface area contributed by atoms with Gasteiger partial charge in [0.1, 0.15) is 0 Å². The summed E-state index contributed by atoms with van der Waals surface area (Å²) in [5.74, 6) is 0. The van der Waals surface area contributed by atoms with Crippen LogP contribution in [0.3, 0.4) is 0 Å². The molecule has 1 N–H and O–H groups in total. The van der Waals surface area contributed by atoms with Gasteiger partial charge in [-0.2, -0.15) is 0 Å². The van der Waals surface area contributed by atoms with Gasteiger partial charge in [-0.05, 0) is 109 Å². The van der Waals surface area contributed by atoms with Gasteiger partial charge in [0, 0.05) is 59.1 Å². The Hall–Kier alpha value is -5.58. The summed E-state index contributed by atoms with van der Waals surface area (Å²) in [4.78, 5) is 0. The SMILES string of the molecule is Cc1cc(C)c(-c2cc(-c3cc4c(cc3Nc3ccccc3C)sc3ccccc34)c3c(c2)-n2c4ccccc4c4cccc(c42)B3)c(C)c1. The fourth-order valence-corrected chi connectivity index (χ4v) is 9.82. The Kier molecular flexibility index (Phi) is 6.44. The molecule has 2 aromatic heterocycles. The number of hydrogen-bond donors (Lipinski definition) is 1. The number of hydrogen-bond acceptors (Lipinski definition) is 2. The quantitative estimate of drug-likeness (QED) is 0.186. The molecule has 0 radical (unpaired) electrons. The third kappa shape index (κ3) is 4.35. The van der Waals surface area contributed by atoms with Gasteiger partial charge in [-0.1, -0.05) is 96.0 Å². The smallest absolute Gasteiger partial charge is 0.198 e. The highest BCUT2D eigenvalue weighted by molar-refractivity contribution is 7.25. The molecule has 0 unspecified atom stereocenters. The Morgan fingerprint density at radius 2 is 1.30 bits per heavy atom. The van der Waals surface area contributed by atoms with Crippen LogP contribution in [0.4, 0.5) is 11.4 Å². The van der Waals surface area contributed by atoms with E-state index < -0.39 is 0 Å². The van der Waals surface area contributed by atoms with Crippen molar-refractivity contribution < 1.29 is 0 Å². The van der Waals surface area contributed by atoms with E-state index in [0.29, 0.717) is 0 Å². The Morgan fingerprint density at radius 3 is 2.14 bits per heavy atom. The number of rotatable bonds is 4. The molecular weight excluding hydrogens is 623 g/mol. The van der Waals surface area contributed by atoms with Gasteiger partial charge < -0.3 is 9.88 Å². The number of thiophene rings is 1. The van der Waals surface area contributed by atoms with Crippen LogP contribution >= 0.6 is 11.3 Å². The van der Waals surface area contributed by atoms with Crippen LogP contribution in [0.25, 0.3) is 69.9 Å². The molecule has 0 saturated heterocycles. The average molecular weight is 659 g/mol. The van der Waals surface area contributed by atoms with Crippen LogP contribution in [0.15, 0.2) is 127 Å². The van der Waals surface area contributed by atoms with Crippen molar-refractivity contribution in [3.63, 3.8) is 0 Å². The number of nitrogens with zero attached hydrogens (tertiary/aromatic N) is 1. The molecule has 0 saturated carbocycles. The molecule has 1 aliphatic rings. The van der Waals surface area contributed by atoms with Gasteiger partial charge in [-0.25, -0.2) is 0 Å². The molecule has 4 heteroatoms. The van der Waals surface area contributed by atoms with Crippen LogP contribution in [0, 0.1) is 27.7 Å². The van der Waals surface area contributed by atoms with Gasteiger partial charge >= 0.3 is 0 Å².